The number of hydrogen-bond acceptors (Lipinski definition) is 3. The molecule has 1 unspecified atom stereocenters. The van der Waals surface area contributed by atoms with Gasteiger partial charge < -0.3 is 15.1 Å². The number of pyridine rings is 1. The van der Waals surface area contributed by atoms with Crippen LogP contribution in [0.2, 0.25) is 0 Å². The fourth-order valence-corrected chi connectivity index (χ4v) is 3.32. The molecule has 0 bridgehead atoms. The van der Waals surface area contributed by atoms with Crippen molar-refractivity contribution in [3.8, 4) is 0 Å². The molecule has 1 aliphatic heterocycles. The van der Waals surface area contributed by atoms with Gasteiger partial charge in [0, 0.05) is 44.3 Å². The van der Waals surface area contributed by atoms with Crippen LogP contribution in [-0.4, -0.2) is 41.6 Å². The molecule has 0 aliphatic carbocycles. The van der Waals surface area contributed by atoms with Gasteiger partial charge in [-0.25, -0.2) is 4.79 Å². The molecule has 1 saturated heterocycles. The Morgan fingerprint density at radius 1 is 1.24 bits per heavy atom. The standard InChI is InChI=1S/C20H26N4O/c1-3-18-15-23(19-7-5-4-6-8-19)11-12-24(18)20(25)22-14-17-9-10-21-13-16(17)2/h4-10,13,18H,3,11-12,14-15H2,1-2H3,(H,22,25). The van der Waals surface area contributed by atoms with Gasteiger partial charge in [-0.2, -0.15) is 0 Å². The Balaban J connectivity index is 1.60. The van der Waals surface area contributed by atoms with Gasteiger partial charge in [0.05, 0.1) is 6.04 Å². The Labute approximate surface area is 149 Å². The van der Waals surface area contributed by atoms with Crippen LogP contribution in [0.25, 0.3) is 0 Å². The van der Waals surface area contributed by atoms with Crippen molar-refractivity contribution in [3.05, 3.63) is 59.9 Å². The first-order chi connectivity index (χ1) is 12.2. The third-order valence-electron chi connectivity index (χ3n) is 4.90. The van der Waals surface area contributed by atoms with E-state index in [1.807, 2.05) is 30.2 Å². The third kappa shape index (κ3) is 4.10. The highest BCUT2D eigenvalue weighted by molar-refractivity contribution is 5.75. The maximum absolute atomic E-state index is 12.7. The molecule has 132 valence electrons. The number of hydrogen-bond donors (Lipinski definition) is 1. The lowest BCUT2D eigenvalue weighted by molar-refractivity contribution is 0.163. The summed E-state index contributed by atoms with van der Waals surface area (Å²) in [5.74, 6) is 0. The maximum atomic E-state index is 12.7. The molecule has 2 amide bonds. The van der Waals surface area contributed by atoms with E-state index in [2.05, 4.69) is 46.4 Å². The van der Waals surface area contributed by atoms with Crippen LogP contribution in [0.5, 0.6) is 0 Å². The zero-order chi connectivity index (χ0) is 17.6. The Bertz CT molecular complexity index is 704. The number of para-hydroxylation sites is 1. The van der Waals surface area contributed by atoms with E-state index in [4.69, 9.17) is 0 Å². The van der Waals surface area contributed by atoms with Crippen molar-refractivity contribution in [1.82, 2.24) is 15.2 Å². The van der Waals surface area contributed by atoms with Gasteiger partial charge in [0.2, 0.25) is 0 Å². The zero-order valence-electron chi connectivity index (χ0n) is 15.0. The largest absolute Gasteiger partial charge is 0.368 e. The van der Waals surface area contributed by atoms with Gasteiger partial charge in [-0.05, 0) is 42.7 Å². The number of amides is 2. The van der Waals surface area contributed by atoms with Crippen LogP contribution in [0.3, 0.4) is 0 Å². The number of rotatable bonds is 4. The molecule has 3 rings (SSSR count). The summed E-state index contributed by atoms with van der Waals surface area (Å²) < 4.78 is 0. The van der Waals surface area contributed by atoms with Crippen molar-refractivity contribution >= 4 is 11.7 Å². The van der Waals surface area contributed by atoms with E-state index in [0.29, 0.717) is 6.54 Å². The SMILES string of the molecule is CCC1CN(c2ccccc2)CCN1C(=O)NCc1ccncc1C. The summed E-state index contributed by atoms with van der Waals surface area (Å²) in [7, 11) is 0. The number of nitrogens with one attached hydrogen (secondary N) is 1. The molecule has 1 fully saturated rings. The number of urea groups is 1. The number of carbonyl (C=O) groups is 1. The van der Waals surface area contributed by atoms with Crippen molar-refractivity contribution in [2.75, 3.05) is 24.5 Å². The molecular weight excluding hydrogens is 312 g/mol. The summed E-state index contributed by atoms with van der Waals surface area (Å²) in [6, 6.07) is 12.6. The fourth-order valence-electron chi connectivity index (χ4n) is 3.32. The first-order valence-electron chi connectivity index (χ1n) is 8.93. The van der Waals surface area contributed by atoms with Crippen LogP contribution >= 0.6 is 0 Å². The second-order valence-corrected chi connectivity index (χ2v) is 6.50. The van der Waals surface area contributed by atoms with E-state index in [1.54, 1.807) is 6.20 Å². The molecule has 1 N–H and O–H groups in total. The minimum atomic E-state index is 0.0239. The zero-order valence-corrected chi connectivity index (χ0v) is 15.0. The second kappa shape index (κ2) is 8.01. The number of aromatic nitrogens is 1. The molecule has 1 atom stereocenters. The Morgan fingerprint density at radius 3 is 2.76 bits per heavy atom. The minimum absolute atomic E-state index is 0.0239. The van der Waals surface area contributed by atoms with Gasteiger partial charge in [0.1, 0.15) is 0 Å². The summed E-state index contributed by atoms with van der Waals surface area (Å²) in [5.41, 5.74) is 3.44. The summed E-state index contributed by atoms with van der Waals surface area (Å²) >= 11 is 0. The predicted octanol–water partition coefficient (Wildman–Crippen LogP) is 3.20. The molecule has 25 heavy (non-hydrogen) atoms. The van der Waals surface area contributed by atoms with Crippen molar-refractivity contribution < 1.29 is 4.79 Å². The van der Waals surface area contributed by atoms with Crippen LogP contribution < -0.4 is 10.2 Å². The van der Waals surface area contributed by atoms with E-state index in [-0.39, 0.29) is 12.1 Å². The average molecular weight is 338 g/mol. The number of carbonyl (C=O) groups excluding carboxylic acids is 1. The number of anilines is 1. The van der Waals surface area contributed by atoms with Gasteiger partial charge in [-0.3, -0.25) is 4.98 Å². The minimum Gasteiger partial charge on any atom is -0.368 e. The lowest BCUT2D eigenvalue weighted by Crippen LogP contribution is -2.57. The molecule has 1 aromatic heterocycles. The second-order valence-electron chi connectivity index (χ2n) is 6.50. The first kappa shape index (κ1) is 17.3. The van der Waals surface area contributed by atoms with Crippen LogP contribution in [-0.2, 0) is 6.54 Å². The van der Waals surface area contributed by atoms with Gasteiger partial charge in [0.25, 0.3) is 0 Å². The fraction of sp³-hybridized carbons (Fsp3) is 0.400. The molecule has 0 radical (unpaired) electrons. The molecule has 2 aromatic rings. The summed E-state index contributed by atoms with van der Waals surface area (Å²) in [4.78, 5) is 21.1. The molecule has 5 heteroatoms. The molecule has 2 heterocycles. The van der Waals surface area contributed by atoms with E-state index in [9.17, 15) is 4.79 Å². The van der Waals surface area contributed by atoms with Crippen molar-refractivity contribution in [3.63, 3.8) is 0 Å². The number of aryl methyl sites for hydroxylation is 1. The lowest BCUT2D eigenvalue weighted by atomic mass is 10.1. The molecule has 0 saturated carbocycles. The van der Waals surface area contributed by atoms with E-state index in [0.717, 1.165) is 37.2 Å². The summed E-state index contributed by atoms with van der Waals surface area (Å²) in [5, 5.41) is 3.07. The Morgan fingerprint density at radius 2 is 2.04 bits per heavy atom. The van der Waals surface area contributed by atoms with Crippen molar-refractivity contribution in [2.24, 2.45) is 0 Å². The monoisotopic (exact) mass is 338 g/mol. The normalized spacial score (nSPS) is 17.4. The van der Waals surface area contributed by atoms with Crippen molar-refractivity contribution in [2.45, 2.75) is 32.9 Å². The predicted molar refractivity (Wildman–Crippen MR) is 101 cm³/mol. The topological polar surface area (TPSA) is 48.5 Å². The number of nitrogens with zero attached hydrogens (tertiary/aromatic N) is 3. The summed E-state index contributed by atoms with van der Waals surface area (Å²) in [6.07, 6.45) is 4.54. The van der Waals surface area contributed by atoms with E-state index in [1.165, 1.54) is 5.69 Å². The molecule has 1 aromatic carbocycles. The Kier molecular flexibility index (Phi) is 5.53. The number of benzene rings is 1. The quantitative estimate of drug-likeness (QED) is 0.931. The number of piperazine rings is 1. The van der Waals surface area contributed by atoms with Gasteiger partial charge in [-0.1, -0.05) is 25.1 Å². The first-order valence-corrected chi connectivity index (χ1v) is 8.93. The highest BCUT2D eigenvalue weighted by atomic mass is 16.2. The van der Waals surface area contributed by atoms with Gasteiger partial charge in [0.15, 0.2) is 0 Å². The smallest absolute Gasteiger partial charge is 0.318 e. The van der Waals surface area contributed by atoms with Gasteiger partial charge >= 0.3 is 6.03 Å². The highest BCUT2D eigenvalue weighted by Crippen LogP contribution is 2.20. The van der Waals surface area contributed by atoms with Gasteiger partial charge in [-0.15, -0.1) is 0 Å². The highest BCUT2D eigenvalue weighted by Gasteiger charge is 2.29. The molecule has 1 aliphatic rings. The van der Waals surface area contributed by atoms with E-state index >= 15 is 0 Å². The van der Waals surface area contributed by atoms with Crippen molar-refractivity contribution in [1.29, 1.82) is 0 Å². The lowest BCUT2D eigenvalue weighted by Gasteiger charge is -2.42. The average Bonchev–Trinajstić information content (AvgIpc) is 2.67. The van der Waals surface area contributed by atoms with Crippen LogP contribution in [0.1, 0.15) is 24.5 Å². The Hall–Kier alpha value is -2.56. The maximum Gasteiger partial charge on any atom is 0.318 e. The third-order valence-corrected chi connectivity index (χ3v) is 4.90. The van der Waals surface area contributed by atoms with E-state index < -0.39 is 0 Å². The molecule has 0 spiro atoms. The van der Waals surface area contributed by atoms with Crippen LogP contribution in [0, 0.1) is 6.92 Å². The van der Waals surface area contributed by atoms with Crippen LogP contribution in [0.4, 0.5) is 10.5 Å². The summed E-state index contributed by atoms with van der Waals surface area (Å²) in [6.45, 7) is 7.19. The van der Waals surface area contributed by atoms with Crippen LogP contribution in [0.15, 0.2) is 48.8 Å². The molecule has 5 nitrogen and oxygen atoms in total. The molecular formula is C20H26N4O.